The fraction of sp³-hybridized carbons (Fsp3) is 0.529. The van der Waals surface area contributed by atoms with E-state index in [0.717, 1.165) is 38.1 Å². The molecule has 1 saturated carbocycles. The molecule has 1 aliphatic heterocycles. The Balaban J connectivity index is 1.30. The van der Waals surface area contributed by atoms with Crippen molar-refractivity contribution in [3.8, 4) is 0 Å². The van der Waals surface area contributed by atoms with E-state index in [1.807, 2.05) is 11.3 Å². The van der Waals surface area contributed by atoms with Gasteiger partial charge in [-0.15, -0.1) is 11.3 Å². The van der Waals surface area contributed by atoms with Crippen molar-refractivity contribution >= 4 is 17.2 Å². The van der Waals surface area contributed by atoms with Crippen molar-refractivity contribution in [1.29, 1.82) is 0 Å². The Morgan fingerprint density at radius 3 is 3.26 bits per heavy atom. The van der Waals surface area contributed by atoms with E-state index < -0.39 is 0 Å². The van der Waals surface area contributed by atoms with Crippen LogP contribution < -0.4 is 5.32 Å². The van der Waals surface area contributed by atoms with E-state index in [1.165, 1.54) is 10.4 Å². The summed E-state index contributed by atoms with van der Waals surface area (Å²) in [6, 6.07) is 4.31. The number of carbonyl (C=O) groups is 1. The van der Waals surface area contributed by atoms with E-state index in [4.69, 9.17) is 4.52 Å². The van der Waals surface area contributed by atoms with Crippen LogP contribution in [0.15, 0.2) is 22.0 Å². The Kier molecular flexibility index (Phi) is 3.95. The standard InChI is InChI=1S/C17H21N3O2S/c1-11(20-6-4-16-13(10-20)5-7-23-16)9-18-17(21)14-8-15(22-19-14)12-2-3-12/h5,7-8,11-12H,2-4,6,9-10H2,1H3,(H,18,21)/t11-/m0/s1. The molecule has 1 aliphatic carbocycles. The average molecular weight is 331 g/mol. The highest BCUT2D eigenvalue weighted by Gasteiger charge is 2.29. The lowest BCUT2D eigenvalue weighted by molar-refractivity contribution is 0.0923. The Bertz CT molecular complexity index is 704. The minimum absolute atomic E-state index is 0.138. The average Bonchev–Trinajstić information content (AvgIpc) is 3.12. The number of thiophene rings is 1. The second kappa shape index (κ2) is 6.09. The van der Waals surface area contributed by atoms with Crippen molar-refractivity contribution in [1.82, 2.24) is 15.4 Å². The van der Waals surface area contributed by atoms with Crippen LogP contribution in [0.1, 0.15) is 52.4 Å². The van der Waals surface area contributed by atoms with Gasteiger partial charge in [0.15, 0.2) is 5.69 Å². The maximum atomic E-state index is 12.2. The smallest absolute Gasteiger partial charge is 0.273 e. The second-order valence-corrected chi connectivity index (χ2v) is 7.54. The molecule has 4 rings (SSSR count). The lowest BCUT2D eigenvalue weighted by Crippen LogP contribution is -2.44. The van der Waals surface area contributed by atoms with Crippen LogP contribution in [-0.4, -0.2) is 35.1 Å². The predicted molar refractivity (Wildman–Crippen MR) is 88.7 cm³/mol. The predicted octanol–water partition coefficient (Wildman–Crippen LogP) is 2.79. The number of nitrogens with zero attached hydrogens (tertiary/aromatic N) is 2. The molecule has 5 nitrogen and oxygen atoms in total. The summed E-state index contributed by atoms with van der Waals surface area (Å²) in [5, 5.41) is 9.05. The molecular weight excluding hydrogens is 310 g/mol. The SMILES string of the molecule is C[C@@H](CNC(=O)c1cc(C2CC2)on1)N1CCc2sccc2C1. The minimum atomic E-state index is -0.138. The fourth-order valence-corrected chi connectivity index (χ4v) is 3.95. The summed E-state index contributed by atoms with van der Waals surface area (Å²) in [5.74, 6) is 1.20. The molecular formula is C17H21N3O2S. The zero-order valence-corrected chi connectivity index (χ0v) is 14.1. The zero-order valence-electron chi connectivity index (χ0n) is 13.2. The van der Waals surface area contributed by atoms with Crippen LogP contribution in [0, 0.1) is 0 Å². The highest BCUT2D eigenvalue weighted by Crippen LogP contribution is 2.40. The molecule has 0 aromatic carbocycles. The largest absolute Gasteiger partial charge is 0.360 e. The molecule has 0 bridgehead atoms. The first-order valence-electron chi connectivity index (χ1n) is 8.25. The molecule has 0 saturated heterocycles. The molecule has 1 N–H and O–H groups in total. The van der Waals surface area contributed by atoms with E-state index in [9.17, 15) is 4.79 Å². The lowest BCUT2D eigenvalue weighted by Gasteiger charge is -2.32. The first-order chi connectivity index (χ1) is 11.2. The monoisotopic (exact) mass is 331 g/mol. The summed E-state index contributed by atoms with van der Waals surface area (Å²) in [7, 11) is 0. The first kappa shape index (κ1) is 14.9. The van der Waals surface area contributed by atoms with E-state index in [0.29, 0.717) is 24.2 Å². The quantitative estimate of drug-likeness (QED) is 0.915. The van der Waals surface area contributed by atoms with Crippen LogP contribution in [0.3, 0.4) is 0 Å². The van der Waals surface area contributed by atoms with Gasteiger partial charge in [-0.25, -0.2) is 0 Å². The van der Waals surface area contributed by atoms with Gasteiger partial charge in [0.1, 0.15) is 5.76 Å². The third-order valence-corrected chi connectivity index (χ3v) is 5.78. The summed E-state index contributed by atoms with van der Waals surface area (Å²) in [6.45, 7) is 4.83. The summed E-state index contributed by atoms with van der Waals surface area (Å²) in [5.41, 5.74) is 1.84. The number of rotatable bonds is 5. The van der Waals surface area contributed by atoms with Gasteiger partial charge in [-0.3, -0.25) is 9.69 Å². The van der Waals surface area contributed by atoms with Crippen LogP contribution in [0.5, 0.6) is 0 Å². The number of hydrogen-bond donors (Lipinski definition) is 1. The van der Waals surface area contributed by atoms with Crippen LogP contribution in [0.25, 0.3) is 0 Å². The summed E-state index contributed by atoms with van der Waals surface area (Å²) < 4.78 is 5.24. The summed E-state index contributed by atoms with van der Waals surface area (Å²) >= 11 is 1.85. The molecule has 2 aliphatic rings. The third-order valence-electron chi connectivity index (χ3n) is 4.76. The highest BCUT2D eigenvalue weighted by atomic mass is 32.1. The first-order valence-corrected chi connectivity index (χ1v) is 9.13. The maximum Gasteiger partial charge on any atom is 0.273 e. The lowest BCUT2D eigenvalue weighted by atomic mass is 10.1. The van der Waals surface area contributed by atoms with Crippen LogP contribution in [0.4, 0.5) is 0 Å². The van der Waals surface area contributed by atoms with Crippen LogP contribution in [0.2, 0.25) is 0 Å². The Morgan fingerprint density at radius 2 is 2.43 bits per heavy atom. The molecule has 2 aromatic heterocycles. The van der Waals surface area contributed by atoms with E-state index in [2.05, 4.69) is 33.7 Å². The van der Waals surface area contributed by atoms with E-state index >= 15 is 0 Å². The topological polar surface area (TPSA) is 58.4 Å². The third kappa shape index (κ3) is 3.19. The van der Waals surface area contributed by atoms with Gasteiger partial charge in [-0.05, 0) is 43.2 Å². The molecule has 6 heteroatoms. The van der Waals surface area contributed by atoms with Crippen molar-refractivity contribution in [2.45, 2.75) is 44.7 Å². The van der Waals surface area contributed by atoms with Gasteiger partial charge in [0.2, 0.25) is 0 Å². The van der Waals surface area contributed by atoms with E-state index in [1.54, 1.807) is 6.07 Å². The van der Waals surface area contributed by atoms with Gasteiger partial charge in [0.25, 0.3) is 5.91 Å². The van der Waals surface area contributed by atoms with Gasteiger partial charge in [0, 0.05) is 42.5 Å². The van der Waals surface area contributed by atoms with Crippen molar-refractivity contribution in [2.75, 3.05) is 13.1 Å². The molecule has 1 fully saturated rings. The molecule has 1 atom stereocenters. The van der Waals surface area contributed by atoms with Gasteiger partial charge < -0.3 is 9.84 Å². The molecule has 0 radical (unpaired) electrons. The van der Waals surface area contributed by atoms with Gasteiger partial charge in [-0.2, -0.15) is 0 Å². The van der Waals surface area contributed by atoms with Gasteiger partial charge in [-0.1, -0.05) is 5.16 Å². The van der Waals surface area contributed by atoms with Gasteiger partial charge >= 0.3 is 0 Å². The minimum Gasteiger partial charge on any atom is -0.360 e. The number of amides is 1. The Labute approximate surface area is 139 Å². The molecule has 1 amide bonds. The van der Waals surface area contributed by atoms with Gasteiger partial charge in [0.05, 0.1) is 0 Å². The second-order valence-electron chi connectivity index (χ2n) is 6.54. The molecule has 2 aromatic rings. The summed E-state index contributed by atoms with van der Waals surface area (Å²) in [4.78, 5) is 16.1. The zero-order chi connectivity index (χ0) is 15.8. The summed E-state index contributed by atoms with van der Waals surface area (Å²) in [6.07, 6.45) is 3.40. The number of aromatic nitrogens is 1. The van der Waals surface area contributed by atoms with Crippen molar-refractivity contribution in [3.63, 3.8) is 0 Å². The number of carbonyl (C=O) groups excluding carboxylic acids is 1. The Morgan fingerprint density at radius 1 is 1.57 bits per heavy atom. The maximum absolute atomic E-state index is 12.2. The molecule has 0 unspecified atom stereocenters. The molecule has 122 valence electrons. The van der Waals surface area contributed by atoms with Crippen LogP contribution >= 0.6 is 11.3 Å². The normalized spacial score (nSPS) is 19.3. The van der Waals surface area contributed by atoms with Crippen molar-refractivity contribution in [3.05, 3.63) is 39.4 Å². The molecule has 0 spiro atoms. The van der Waals surface area contributed by atoms with Crippen molar-refractivity contribution < 1.29 is 9.32 Å². The number of hydrogen-bond acceptors (Lipinski definition) is 5. The van der Waals surface area contributed by atoms with Crippen molar-refractivity contribution in [2.24, 2.45) is 0 Å². The Hall–Kier alpha value is -1.66. The number of fused-ring (bicyclic) bond motifs is 1. The molecule has 23 heavy (non-hydrogen) atoms. The van der Waals surface area contributed by atoms with Crippen LogP contribution in [-0.2, 0) is 13.0 Å². The molecule has 3 heterocycles. The van der Waals surface area contributed by atoms with E-state index in [-0.39, 0.29) is 5.91 Å². The number of nitrogens with one attached hydrogen (secondary N) is 1. The fourth-order valence-electron chi connectivity index (χ4n) is 3.06. The highest BCUT2D eigenvalue weighted by molar-refractivity contribution is 7.10.